The predicted octanol–water partition coefficient (Wildman–Crippen LogP) is 3.99. The van der Waals surface area contributed by atoms with Gasteiger partial charge >= 0.3 is 0 Å². The molecule has 3 fully saturated rings. The first kappa shape index (κ1) is 30.1. The number of carbonyl (C=O) groups is 1. The highest BCUT2D eigenvalue weighted by molar-refractivity contribution is 7.88. The van der Waals surface area contributed by atoms with Crippen LogP contribution >= 0.6 is 0 Å². The van der Waals surface area contributed by atoms with Crippen molar-refractivity contribution >= 4 is 15.9 Å². The molecule has 5 rings (SSSR count). The molecule has 224 valence electrons. The summed E-state index contributed by atoms with van der Waals surface area (Å²) in [6.45, 7) is 5.19. The Kier molecular flexibility index (Phi) is 9.74. The molecule has 0 N–H and O–H groups in total. The van der Waals surface area contributed by atoms with Crippen molar-refractivity contribution < 1.29 is 17.9 Å². The molecule has 10 heteroatoms. The molecular formula is C31H45N5O4S. The molecule has 0 aliphatic carbocycles. The lowest BCUT2D eigenvalue weighted by Gasteiger charge is -2.43. The lowest BCUT2D eigenvalue weighted by molar-refractivity contribution is -0.0547. The first-order valence-corrected chi connectivity index (χ1v) is 17.0. The van der Waals surface area contributed by atoms with Crippen molar-refractivity contribution in [2.75, 3.05) is 39.5 Å². The minimum absolute atomic E-state index is 0.00357. The van der Waals surface area contributed by atoms with E-state index in [9.17, 15) is 13.2 Å². The summed E-state index contributed by atoms with van der Waals surface area (Å²) in [5.74, 6) is -0.00357. The van der Waals surface area contributed by atoms with Crippen LogP contribution in [0, 0.1) is 6.92 Å². The summed E-state index contributed by atoms with van der Waals surface area (Å²) in [6, 6.07) is 11.0. The second-order valence-corrected chi connectivity index (χ2v) is 14.0. The van der Waals surface area contributed by atoms with Crippen LogP contribution in [0.1, 0.15) is 84.8 Å². The SMILES string of the molecule is Cc1c(CCC2CCCC(c3ccccc3)O2)ncnc1C(=O)N1CCC(N2CCC(N(C)S(C)(=O)=O)CC2)CC1. The van der Waals surface area contributed by atoms with Gasteiger partial charge < -0.3 is 14.5 Å². The zero-order valence-corrected chi connectivity index (χ0v) is 25.6. The van der Waals surface area contributed by atoms with Crippen LogP contribution in [-0.4, -0.2) is 96.1 Å². The number of aryl methyl sites for hydroxylation is 1. The molecule has 2 aromatic rings. The summed E-state index contributed by atoms with van der Waals surface area (Å²) in [4.78, 5) is 26.9. The highest BCUT2D eigenvalue weighted by Crippen LogP contribution is 2.33. The molecule has 3 aliphatic heterocycles. The maximum Gasteiger partial charge on any atom is 0.272 e. The van der Waals surface area contributed by atoms with Crippen molar-refractivity contribution in [1.29, 1.82) is 0 Å². The van der Waals surface area contributed by atoms with Gasteiger partial charge in [-0.15, -0.1) is 0 Å². The van der Waals surface area contributed by atoms with E-state index in [0.29, 0.717) is 24.8 Å². The molecule has 1 aromatic carbocycles. The number of likely N-dealkylation sites (tertiary alicyclic amines) is 2. The largest absolute Gasteiger partial charge is 0.370 e. The number of amides is 1. The molecule has 0 radical (unpaired) electrons. The van der Waals surface area contributed by atoms with E-state index in [2.05, 4.69) is 39.1 Å². The highest BCUT2D eigenvalue weighted by Gasteiger charge is 2.33. The molecule has 3 aliphatic rings. The zero-order valence-electron chi connectivity index (χ0n) is 24.7. The van der Waals surface area contributed by atoms with Gasteiger partial charge in [0.15, 0.2) is 0 Å². The summed E-state index contributed by atoms with van der Waals surface area (Å²) < 4.78 is 31.8. The number of piperidine rings is 2. The molecule has 1 aromatic heterocycles. The molecule has 2 atom stereocenters. The number of hydrogen-bond acceptors (Lipinski definition) is 7. The number of hydrogen-bond donors (Lipinski definition) is 0. The van der Waals surface area contributed by atoms with Gasteiger partial charge in [-0.3, -0.25) is 4.79 Å². The van der Waals surface area contributed by atoms with Crippen molar-refractivity contribution in [3.8, 4) is 0 Å². The topological polar surface area (TPSA) is 95.9 Å². The van der Waals surface area contributed by atoms with E-state index >= 15 is 0 Å². The van der Waals surface area contributed by atoms with Crippen LogP contribution in [0.5, 0.6) is 0 Å². The van der Waals surface area contributed by atoms with Crippen LogP contribution in [0.25, 0.3) is 0 Å². The molecule has 0 bridgehead atoms. The molecule has 9 nitrogen and oxygen atoms in total. The van der Waals surface area contributed by atoms with Crippen LogP contribution in [0.4, 0.5) is 0 Å². The van der Waals surface area contributed by atoms with Gasteiger partial charge in [0.05, 0.1) is 18.5 Å². The Morgan fingerprint density at radius 3 is 2.39 bits per heavy atom. The third-order valence-corrected chi connectivity index (χ3v) is 10.8. The van der Waals surface area contributed by atoms with E-state index in [1.165, 1.54) is 22.5 Å². The molecular weight excluding hydrogens is 538 g/mol. The van der Waals surface area contributed by atoms with E-state index in [1.807, 2.05) is 17.9 Å². The second kappa shape index (κ2) is 13.3. The lowest BCUT2D eigenvalue weighted by Crippen LogP contribution is -2.52. The van der Waals surface area contributed by atoms with Crippen molar-refractivity contribution in [2.45, 2.75) is 89.0 Å². The molecule has 1 amide bonds. The van der Waals surface area contributed by atoms with Crippen LogP contribution in [0.15, 0.2) is 36.7 Å². The number of carbonyl (C=O) groups excluding carboxylic acids is 1. The molecule has 2 unspecified atom stereocenters. The monoisotopic (exact) mass is 583 g/mol. The van der Waals surface area contributed by atoms with Crippen LogP contribution in [0.3, 0.4) is 0 Å². The molecule has 0 spiro atoms. The smallest absolute Gasteiger partial charge is 0.272 e. The van der Waals surface area contributed by atoms with Crippen LogP contribution < -0.4 is 0 Å². The summed E-state index contributed by atoms with van der Waals surface area (Å²) >= 11 is 0. The van der Waals surface area contributed by atoms with Crippen molar-refractivity contribution in [1.82, 2.24) is 24.1 Å². The van der Waals surface area contributed by atoms with E-state index in [-0.39, 0.29) is 24.2 Å². The molecule has 4 heterocycles. The predicted molar refractivity (Wildman–Crippen MR) is 159 cm³/mol. The Morgan fingerprint density at radius 2 is 1.71 bits per heavy atom. The van der Waals surface area contributed by atoms with Crippen LogP contribution in [-0.2, 0) is 21.2 Å². The van der Waals surface area contributed by atoms with Crippen LogP contribution in [0.2, 0.25) is 0 Å². The first-order valence-electron chi connectivity index (χ1n) is 15.2. The number of ether oxygens (including phenoxy) is 1. The van der Waals surface area contributed by atoms with Gasteiger partial charge in [0.2, 0.25) is 10.0 Å². The third kappa shape index (κ3) is 7.34. The fourth-order valence-corrected chi connectivity index (χ4v) is 7.50. The maximum atomic E-state index is 13.5. The normalized spacial score (nSPS) is 23.7. The second-order valence-electron chi connectivity index (χ2n) is 12.0. The fourth-order valence-electron chi connectivity index (χ4n) is 6.75. The maximum absolute atomic E-state index is 13.5. The minimum atomic E-state index is -3.16. The van der Waals surface area contributed by atoms with Crippen molar-refractivity contribution in [2.24, 2.45) is 0 Å². The third-order valence-electron chi connectivity index (χ3n) is 9.42. The quantitative estimate of drug-likeness (QED) is 0.464. The van der Waals surface area contributed by atoms with E-state index in [0.717, 1.165) is 82.1 Å². The van der Waals surface area contributed by atoms with Gasteiger partial charge in [-0.2, -0.15) is 0 Å². The van der Waals surface area contributed by atoms with Gasteiger partial charge in [-0.05, 0) is 83.4 Å². The molecule has 3 saturated heterocycles. The highest BCUT2D eigenvalue weighted by atomic mass is 32.2. The standard InChI is InChI=1S/C31H45N5O4S/c1-23-28(13-12-27-10-7-11-29(40-27)24-8-5-4-6-9-24)32-22-33-30(23)31(37)36-20-16-26(17-21-36)35-18-14-25(15-19-35)34(2)41(3,38)39/h4-6,8-9,22,25-27,29H,7,10-21H2,1-3H3. The van der Waals surface area contributed by atoms with E-state index < -0.39 is 10.0 Å². The number of aromatic nitrogens is 2. The number of nitrogens with zero attached hydrogens (tertiary/aromatic N) is 5. The fraction of sp³-hybridized carbons (Fsp3) is 0.645. The van der Waals surface area contributed by atoms with Gasteiger partial charge in [0.1, 0.15) is 12.0 Å². The average molecular weight is 584 g/mol. The average Bonchev–Trinajstić information content (AvgIpc) is 3.00. The Morgan fingerprint density at radius 1 is 1.00 bits per heavy atom. The Hall–Kier alpha value is -2.40. The van der Waals surface area contributed by atoms with Crippen molar-refractivity contribution in [3.63, 3.8) is 0 Å². The Bertz CT molecular complexity index is 1270. The Balaban J connectivity index is 1.11. The van der Waals surface area contributed by atoms with Gasteiger partial charge in [-0.1, -0.05) is 30.3 Å². The summed E-state index contributed by atoms with van der Waals surface area (Å²) in [5, 5.41) is 0. The first-order chi connectivity index (χ1) is 19.7. The minimum Gasteiger partial charge on any atom is -0.370 e. The van der Waals surface area contributed by atoms with Gasteiger partial charge in [-0.25, -0.2) is 22.7 Å². The summed E-state index contributed by atoms with van der Waals surface area (Å²) in [5.41, 5.74) is 3.58. The van der Waals surface area contributed by atoms with Crippen molar-refractivity contribution in [3.05, 3.63) is 59.2 Å². The molecule has 41 heavy (non-hydrogen) atoms. The number of rotatable bonds is 8. The lowest BCUT2D eigenvalue weighted by atomic mass is 9.95. The summed E-state index contributed by atoms with van der Waals surface area (Å²) in [7, 11) is -1.48. The van der Waals surface area contributed by atoms with Gasteiger partial charge in [0.25, 0.3) is 5.91 Å². The number of benzene rings is 1. The number of sulfonamides is 1. The molecule has 0 saturated carbocycles. The van der Waals surface area contributed by atoms with E-state index in [1.54, 1.807) is 7.05 Å². The Labute approximate surface area is 245 Å². The summed E-state index contributed by atoms with van der Waals surface area (Å²) in [6.07, 6.45) is 11.6. The van der Waals surface area contributed by atoms with Gasteiger partial charge in [0, 0.05) is 43.5 Å². The zero-order chi connectivity index (χ0) is 29.0. The van der Waals surface area contributed by atoms with E-state index in [4.69, 9.17) is 4.74 Å².